The highest BCUT2D eigenvalue weighted by molar-refractivity contribution is 5.30. The van der Waals surface area contributed by atoms with E-state index in [0.717, 1.165) is 16.7 Å². The van der Waals surface area contributed by atoms with Crippen molar-refractivity contribution in [3.8, 4) is 0 Å². The van der Waals surface area contributed by atoms with Crippen LogP contribution >= 0.6 is 0 Å². The van der Waals surface area contributed by atoms with Crippen LogP contribution in [-0.2, 0) is 18.9 Å². The summed E-state index contributed by atoms with van der Waals surface area (Å²) in [5.74, 6) is 0. The second-order valence-corrected chi connectivity index (χ2v) is 7.38. The molecule has 0 aliphatic carbocycles. The molecule has 0 spiro atoms. The molecule has 2 aliphatic heterocycles. The van der Waals surface area contributed by atoms with E-state index >= 15 is 0 Å². The Bertz CT molecular complexity index is 795. The number of aryl methyl sites for hydroxylation is 2. The van der Waals surface area contributed by atoms with Crippen molar-refractivity contribution in [3.05, 3.63) is 70.8 Å². The molecule has 2 saturated heterocycles. The van der Waals surface area contributed by atoms with Crippen LogP contribution in [0.15, 0.2) is 48.5 Å². The van der Waals surface area contributed by atoms with Crippen LogP contribution in [0.25, 0.3) is 0 Å². The van der Waals surface area contributed by atoms with Crippen LogP contribution in [0.2, 0.25) is 0 Å². The molecule has 6 nitrogen and oxygen atoms in total. The third-order valence-electron chi connectivity index (χ3n) is 5.40. The molecule has 2 aromatic carbocycles. The van der Waals surface area contributed by atoms with Gasteiger partial charge in [0.1, 0.15) is 24.4 Å². The first-order valence-corrected chi connectivity index (χ1v) is 9.56. The molecule has 2 heterocycles. The minimum absolute atomic E-state index is 0.309. The van der Waals surface area contributed by atoms with Crippen molar-refractivity contribution < 1.29 is 29.2 Å². The van der Waals surface area contributed by atoms with E-state index in [1.165, 1.54) is 5.56 Å². The average Bonchev–Trinajstić information content (AvgIpc) is 2.74. The zero-order valence-electron chi connectivity index (χ0n) is 16.0. The second kappa shape index (κ2) is 8.29. The zero-order valence-corrected chi connectivity index (χ0v) is 16.0. The SMILES string of the molecule is Cc1ccc(C2OCC3OC(c4ccccc4)OC(C(O)CO)C3O2)cc1C. The lowest BCUT2D eigenvalue weighted by Gasteiger charge is -2.47. The van der Waals surface area contributed by atoms with Crippen LogP contribution in [-0.4, -0.2) is 47.8 Å². The quantitative estimate of drug-likeness (QED) is 0.841. The summed E-state index contributed by atoms with van der Waals surface area (Å²) in [5.41, 5.74) is 4.09. The van der Waals surface area contributed by atoms with Crippen molar-refractivity contribution in [2.24, 2.45) is 0 Å². The van der Waals surface area contributed by atoms with E-state index < -0.39 is 43.6 Å². The lowest BCUT2D eigenvalue weighted by Crippen LogP contribution is -2.58. The first-order valence-electron chi connectivity index (χ1n) is 9.56. The molecular weight excluding hydrogens is 360 g/mol. The second-order valence-electron chi connectivity index (χ2n) is 7.38. The number of ether oxygens (including phenoxy) is 4. The molecule has 2 aromatic rings. The summed E-state index contributed by atoms with van der Waals surface area (Å²) < 4.78 is 24.1. The van der Waals surface area contributed by atoms with Crippen molar-refractivity contribution in [1.82, 2.24) is 0 Å². The number of benzene rings is 2. The Labute approximate surface area is 164 Å². The third kappa shape index (κ3) is 3.85. The Balaban J connectivity index is 1.56. The largest absolute Gasteiger partial charge is 0.394 e. The maximum Gasteiger partial charge on any atom is 0.184 e. The van der Waals surface area contributed by atoms with Gasteiger partial charge in [0.25, 0.3) is 0 Å². The summed E-state index contributed by atoms with van der Waals surface area (Å²) in [5, 5.41) is 19.9. The first kappa shape index (κ1) is 19.5. The van der Waals surface area contributed by atoms with E-state index in [0.29, 0.717) is 6.61 Å². The lowest BCUT2D eigenvalue weighted by atomic mass is 9.99. The first-order chi connectivity index (χ1) is 13.6. The van der Waals surface area contributed by atoms with Crippen molar-refractivity contribution in [2.45, 2.75) is 50.8 Å². The molecule has 0 amide bonds. The van der Waals surface area contributed by atoms with Gasteiger partial charge in [-0.25, -0.2) is 0 Å². The molecule has 0 radical (unpaired) electrons. The number of aliphatic hydroxyl groups is 2. The molecule has 2 N–H and O–H groups in total. The molecule has 28 heavy (non-hydrogen) atoms. The predicted molar refractivity (Wildman–Crippen MR) is 102 cm³/mol. The van der Waals surface area contributed by atoms with E-state index in [2.05, 4.69) is 6.92 Å². The molecule has 6 atom stereocenters. The van der Waals surface area contributed by atoms with Crippen LogP contribution in [0.1, 0.15) is 34.8 Å². The van der Waals surface area contributed by atoms with Crippen molar-refractivity contribution >= 4 is 0 Å². The predicted octanol–water partition coefficient (Wildman–Crippen LogP) is 2.55. The van der Waals surface area contributed by atoms with Crippen molar-refractivity contribution in [1.29, 1.82) is 0 Å². The van der Waals surface area contributed by atoms with Gasteiger partial charge in [0.05, 0.1) is 13.2 Å². The van der Waals surface area contributed by atoms with Gasteiger partial charge in [0.2, 0.25) is 0 Å². The molecule has 0 aromatic heterocycles. The number of rotatable bonds is 4. The minimum Gasteiger partial charge on any atom is -0.394 e. The summed E-state index contributed by atoms with van der Waals surface area (Å²) >= 11 is 0. The fourth-order valence-corrected chi connectivity index (χ4v) is 3.63. The standard InChI is InChI=1S/C22H26O6/c1-13-8-9-16(10-14(13)2)21-25-12-18-20(28-21)19(17(24)11-23)27-22(26-18)15-6-4-3-5-7-15/h3-10,17-24H,11-12H2,1-2H3. The van der Waals surface area contributed by atoms with Crippen molar-refractivity contribution in [2.75, 3.05) is 13.2 Å². The van der Waals surface area contributed by atoms with Gasteiger partial charge in [-0.1, -0.05) is 48.5 Å². The minimum atomic E-state index is -1.08. The van der Waals surface area contributed by atoms with Gasteiger partial charge in [0.15, 0.2) is 12.6 Å². The molecular formula is C22H26O6. The molecule has 0 bridgehead atoms. The molecule has 6 heteroatoms. The van der Waals surface area contributed by atoms with E-state index in [4.69, 9.17) is 18.9 Å². The Morgan fingerprint density at radius 2 is 1.71 bits per heavy atom. The number of hydrogen-bond acceptors (Lipinski definition) is 6. The highest BCUT2D eigenvalue weighted by atomic mass is 16.8. The Kier molecular flexibility index (Phi) is 5.78. The lowest BCUT2D eigenvalue weighted by molar-refractivity contribution is -0.373. The summed E-state index contributed by atoms with van der Waals surface area (Å²) in [6.45, 7) is 3.98. The molecule has 150 valence electrons. The number of aliphatic hydroxyl groups excluding tert-OH is 2. The van der Waals surface area contributed by atoms with Crippen LogP contribution < -0.4 is 0 Å². The smallest absolute Gasteiger partial charge is 0.184 e. The summed E-state index contributed by atoms with van der Waals surface area (Å²) in [6, 6.07) is 15.5. The number of hydrogen-bond donors (Lipinski definition) is 2. The highest BCUT2D eigenvalue weighted by Gasteiger charge is 2.48. The Morgan fingerprint density at radius 1 is 0.929 bits per heavy atom. The van der Waals surface area contributed by atoms with Gasteiger partial charge in [-0.3, -0.25) is 0 Å². The van der Waals surface area contributed by atoms with Crippen molar-refractivity contribution in [3.63, 3.8) is 0 Å². The Hall–Kier alpha value is -1.80. The number of fused-ring (bicyclic) bond motifs is 1. The molecule has 6 unspecified atom stereocenters. The normalized spacial score (nSPS) is 31.2. The van der Waals surface area contributed by atoms with Crippen LogP contribution in [0.3, 0.4) is 0 Å². The van der Waals surface area contributed by atoms with Crippen LogP contribution in [0.5, 0.6) is 0 Å². The van der Waals surface area contributed by atoms with E-state index in [9.17, 15) is 10.2 Å². The monoisotopic (exact) mass is 386 g/mol. The average molecular weight is 386 g/mol. The third-order valence-corrected chi connectivity index (χ3v) is 5.40. The van der Waals surface area contributed by atoms with Gasteiger partial charge < -0.3 is 29.2 Å². The molecule has 2 aliphatic rings. The highest BCUT2D eigenvalue weighted by Crippen LogP contribution is 2.39. The maximum absolute atomic E-state index is 10.4. The molecule has 4 rings (SSSR count). The van der Waals surface area contributed by atoms with Gasteiger partial charge in [-0.15, -0.1) is 0 Å². The van der Waals surface area contributed by atoms with E-state index in [1.807, 2.05) is 55.5 Å². The van der Waals surface area contributed by atoms with E-state index in [1.54, 1.807) is 0 Å². The summed E-state index contributed by atoms with van der Waals surface area (Å²) in [6.07, 6.45) is -4.00. The van der Waals surface area contributed by atoms with Gasteiger partial charge in [-0.2, -0.15) is 0 Å². The van der Waals surface area contributed by atoms with Crippen LogP contribution in [0.4, 0.5) is 0 Å². The van der Waals surface area contributed by atoms with Gasteiger partial charge in [0, 0.05) is 11.1 Å². The Morgan fingerprint density at radius 3 is 2.43 bits per heavy atom. The maximum atomic E-state index is 10.4. The van der Waals surface area contributed by atoms with Gasteiger partial charge in [-0.05, 0) is 25.0 Å². The summed E-state index contributed by atoms with van der Waals surface area (Å²) in [7, 11) is 0. The molecule has 0 saturated carbocycles. The summed E-state index contributed by atoms with van der Waals surface area (Å²) in [4.78, 5) is 0. The van der Waals surface area contributed by atoms with Gasteiger partial charge >= 0.3 is 0 Å². The zero-order chi connectivity index (χ0) is 19.7. The topological polar surface area (TPSA) is 77.4 Å². The molecule has 2 fully saturated rings. The fourth-order valence-electron chi connectivity index (χ4n) is 3.63. The fraction of sp³-hybridized carbons (Fsp3) is 0.455. The van der Waals surface area contributed by atoms with E-state index in [-0.39, 0.29) is 0 Å². The van der Waals surface area contributed by atoms with Crippen LogP contribution in [0, 0.1) is 13.8 Å².